The van der Waals surface area contributed by atoms with E-state index in [1.165, 1.54) is 64.3 Å². The lowest BCUT2D eigenvalue weighted by Crippen LogP contribution is -2.55. The standard InChI is InChI=1S/C22H35NO/c1-4-5-9-14-23-21-18-10-7-6-8-13-22(21,2)20-16-19(24-3)12-11-17(20)15-18/h11-12,16,18,21,23H,4-10,13-15H2,1-3H3/t18-,21-,22+/m0/s1. The highest BCUT2D eigenvalue weighted by Gasteiger charge is 2.45. The molecule has 0 radical (unpaired) electrons. The number of benzene rings is 1. The van der Waals surface area contributed by atoms with Crippen LogP contribution in [0.2, 0.25) is 0 Å². The number of fused-ring (bicyclic) bond motifs is 4. The van der Waals surface area contributed by atoms with Crippen molar-refractivity contribution in [2.45, 2.75) is 83.1 Å². The summed E-state index contributed by atoms with van der Waals surface area (Å²) < 4.78 is 5.55. The van der Waals surface area contributed by atoms with Crippen molar-refractivity contribution in [3.63, 3.8) is 0 Å². The Kier molecular flexibility index (Phi) is 5.86. The van der Waals surface area contributed by atoms with Crippen LogP contribution in [0, 0.1) is 5.92 Å². The van der Waals surface area contributed by atoms with E-state index < -0.39 is 0 Å². The average Bonchev–Trinajstić information content (AvgIpc) is 2.59. The van der Waals surface area contributed by atoms with E-state index in [9.17, 15) is 0 Å². The van der Waals surface area contributed by atoms with Gasteiger partial charge in [-0.3, -0.25) is 0 Å². The van der Waals surface area contributed by atoms with Gasteiger partial charge in [-0.1, -0.05) is 52.0 Å². The van der Waals surface area contributed by atoms with E-state index in [0.717, 1.165) is 11.7 Å². The van der Waals surface area contributed by atoms with Crippen molar-refractivity contribution in [3.8, 4) is 5.75 Å². The van der Waals surface area contributed by atoms with Gasteiger partial charge in [0.2, 0.25) is 0 Å². The lowest BCUT2D eigenvalue weighted by atomic mass is 9.59. The van der Waals surface area contributed by atoms with Crippen molar-refractivity contribution < 1.29 is 4.74 Å². The monoisotopic (exact) mass is 329 g/mol. The summed E-state index contributed by atoms with van der Waals surface area (Å²) in [5, 5.41) is 4.00. The van der Waals surface area contributed by atoms with Crippen LogP contribution in [0.4, 0.5) is 0 Å². The molecule has 0 heterocycles. The van der Waals surface area contributed by atoms with Gasteiger partial charge in [-0.2, -0.15) is 0 Å². The van der Waals surface area contributed by atoms with E-state index in [1.807, 2.05) is 0 Å². The Morgan fingerprint density at radius 1 is 1.21 bits per heavy atom. The minimum atomic E-state index is 0.249. The van der Waals surface area contributed by atoms with Crippen molar-refractivity contribution in [3.05, 3.63) is 29.3 Å². The maximum Gasteiger partial charge on any atom is 0.119 e. The molecule has 1 N–H and O–H groups in total. The predicted molar refractivity (Wildman–Crippen MR) is 102 cm³/mol. The summed E-state index contributed by atoms with van der Waals surface area (Å²) in [4.78, 5) is 0. The van der Waals surface area contributed by atoms with Gasteiger partial charge in [0.15, 0.2) is 0 Å². The summed E-state index contributed by atoms with van der Waals surface area (Å²) in [6, 6.07) is 7.42. The van der Waals surface area contributed by atoms with E-state index in [1.54, 1.807) is 18.2 Å². The van der Waals surface area contributed by atoms with E-state index >= 15 is 0 Å². The van der Waals surface area contributed by atoms with Gasteiger partial charge in [-0.15, -0.1) is 0 Å². The molecule has 2 aliphatic carbocycles. The number of hydrogen-bond acceptors (Lipinski definition) is 2. The minimum absolute atomic E-state index is 0.249. The SMILES string of the molecule is CCCCCN[C@H]1[C@H]2CCCCC[C@]1(C)c1cc(OC)ccc1C2. The molecule has 1 aromatic rings. The Morgan fingerprint density at radius 2 is 2.08 bits per heavy atom. The van der Waals surface area contributed by atoms with Gasteiger partial charge in [0, 0.05) is 11.5 Å². The second kappa shape index (κ2) is 7.91. The van der Waals surface area contributed by atoms with Crippen LogP contribution < -0.4 is 10.1 Å². The third kappa shape index (κ3) is 3.49. The molecule has 0 saturated heterocycles. The molecule has 2 heteroatoms. The van der Waals surface area contributed by atoms with Crippen molar-refractivity contribution in [1.82, 2.24) is 5.32 Å². The molecule has 2 aliphatic rings. The molecule has 2 nitrogen and oxygen atoms in total. The maximum absolute atomic E-state index is 5.55. The molecular formula is C22H35NO. The molecule has 24 heavy (non-hydrogen) atoms. The molecule has 1 fully saturated rings. The van der Waals surface area contributed by atoms with Crippen LogP contribution >= 0.6 is 0 Å². The van der Waals surface area contributed by atoms with Gasteiger partial charge in [-0.05, 0) is 61.4 Å². The summed E-state index contributed by atoms with van der Waals surface area (Å²) in [6.07, 6.45) is 12.0. The summed E-state index contributed by atoms with van der Waals surface area (Å²) in [6.45, 7) is 5.97. The second-order valence-electron chi connectivity index (χ2n) is 8.14. The number of nitrogens with one attached hydrogen (secondary N) is 1. The van der Waals surface area contributed by atoms with Gasteiger partial charge in [0.1, 0.15) is 5.75 Å². The highest BCUT2D eigenvalue weighted by molar-refractivity contribution is 5.44. The molecule has 3 atom stereocenters. The summed E-state index contributed by atoms with van der Waals surface area (Å²) in [5.74, 6) is 1.80. The molecule has 2 bridgehead atoms. The number of ether oxygens (including phenoxy) is 1. The van der Waals surface area contributed by atoms with Crippen LogP contribution in [-0.2, 0) is 11.8 Å². The number of methoxy groups -OCH3 is 1. The molecule has 0 spiro atoms. The molecule has 1 aromatic carbocycles. The summed E-state index contributed by atoms with van der Waals surface area (Å²) >= 11 is 0. The van der Waals surface area contributed by atoms with Crippen molar-refractivity contribution in [1.29, 1.82) is 0 Å². The zero-order chi connectivity index (χ0) is 17.0. The first-order valence-electron chi connectivity index (χ1n) is 10.1. The first-order valence-corrected chi connectivity index (χ1v) is 10.1. The fourth-order valence-corrected chi connectivity index (χ4v) is 5.14. The van der Waals surface area contributed by atoms with Crippen molar-refractivity contribution in [2.75, 3.05) is 13.7 Å². The third-order valence-electron chi connectivity index (χ3n) is 6.49. The molecule has 0 aromatic heterocycles. The smallest absolute Gasteiger partial charge is 0.119 e. The topological polar surface area (TPSA) is 21.3 Å². The van der Waals surface area contributed by atoms with E-state index in [4.69, 9.17) is 4.74 Å². The molecule has 134 valence electrons. The van der Waals surface area contributed by atoms with Crippen LogP contribution in [-0.4, -0.2) is 19.7 Å². The van der Waals surface area contributed by atoms with Gasteiger partial charge in [0.25, 0.3) is 0 Å². The Labute approximate surface area is 148 Å². The molecule has 3 rings (SSSR count). The van der Waals surface area contributed by atoms with Gasteiger partial charge in [0.05, 0.1) is 7.11 Å². The van der Waals surface area contributed by atoms with E-state index in [2.05, 4.69) is 37.4 Å². The van der Waals surface area contributed by atoms with Crippen LogP contribution in [0.5, 0.6) is 5.75 Å². The fourth-order valence-electron chi connectivity index (χ4n) is 5.14. The first kappa shape index (κ1) is 17.8. The molecule has 0 aliphatic heterocycles. The normalized spacial score (nSPS) is 29.5. The Hall–Kier alpha value is -1.02. The Morgan fingerprint density at radius 3 is 2.88 bits per heavy atom. The largest absolute Gasteiger partial charge is 0.497 e. The summed E-state index contributed by atoms with van der Waals surface area (Å²) in [7, 11) is 1.79. The highest BCUT2D eigenvalue weighted by Crippen LogP contribution is 2.47. The first-order chi connectivity index (χ1) is 11.7. The van der Waals surface area contributed by atoms with Gasteiger partial charge in [-0.25, -0.2) is 0 Å². The minimum Gasteiger partial charge on any atom is -0.497 e. The van der Waals surface area contributed by atoms with Crippen LogP contribution in [0.25, 0.3) is 0 Å². The van der Waals surface area contributed by atoms with Crippen LogP contribution in [0.15, 0.2) is 18.2 Å². The van der Waals surface area contributed by atoms with Crippen LogP contribution in [0.3, 0.4) is 0 Å². The second-order valence-corrected chi connectivity index (χ2v) is 8.14. The predicted octanol–water partition coefficient (Wildman–Crippen LogP) is 5.24. The number of unbranched alkanes of at least 4 members (excludes halogenated alkanes) is 2. The Bertz CT molecular complexity index is 541. The Balaban J connectivity index is 1.91. The quantitative estimate of drug-likeness (QED) is 0.721. The maximum atomic E-state index is 5.55. The van der Waals surface area contributed by atoms with Crippen molar-refractivity contribution >= 4 is 0 Å². The number of rotatable bonds is 6. The molecule has 0 amide bonds. The van der Waals surface area contributed by atoms with Crippen LogP contribution in [0.1, 0.15) is 76.3 Å². The lowest BCUT2D eigenvalue weighted by Gasteiger charge is -2.49. The van der Waals surface area contributed by atoms with Crippen molar-refractivity contribution in [2.24, 2.45) is 5.92 Å². The number of hydrogen-bond donors (Lipinski definition) is 1. The zero-order valence-corrected chi connectivity index (χ0v) is 15.9. The lowest BCUT2D eigenvalue weighted by molar-refractivity contribution is 0.166. The summed E-state index contributed by atoms with van der Waals surface area (Å²) in [5.41, 5.74) is 3.36. The zero-order valence-electron chi connectivity index (χ0n) is 15.9. The third-order valence-corrected chi connectivity index (χ3v) is 6.49. The molecule has 0 unspecified atom stereocenters. The van der Waals surface area contributed by atoms with E-state index in [-0.39, 0.29) is 5.41 Å². The van der Waals surface area contributed by atoms with Gasteiger partial charge >= 0.3 is 0 Å². The average molecular weight is 330 g/mol. The van der Waals surface area contributed by atoms with E-state index in [0.29, 0.717) is 6.04 Å². The molecular weight excluding hydrogens is 294 g/mol. The molecule has 1 saturated carbocycles. The highest BCUT2D eigenvalue weighted by atomic mass is 16.5. The fraction of sp³-hybridized carbons (Fsp3) is 0.727. The van der Waals surface area contributed by atoms with Gasteiger partial charge < -0.3 is 10.1 Å².